The summed E-state index contributed by atoms with van der Waals surface area (Å²) in [5, 5.41) is 17.6. The van der Waals surface area contributed by atoms with Crippen LogP contribution in [0.15, 0.2) is 30.3 Å². The Labute approximate surface area is 173 Å². The minimum atomic E-state index is -0.497. The van der Waals surface area contributed by atoms with Gasteiger partial charge in [-0.15, -0.1) is 0 Å². The maximum atomic E-state index is 12.5. The molecule has 2 N–H and O–H groups in total. The molecule has 0 unspecified atom stereocenters. The van der Waals surface area contributed by atoms with E-state index in [1.54, 1.807) is 25.1 Å². The molecule has 2 aromatic carbocycles. The second-order valence-corrected chi connectivity index (χ2v) is 7.31. The molecule has 0 radical (unpaired) electrons. The SMILES string of the molecule is Cc1cc(NC(=O)CNc2cc(Cl)ccc2N2CCOCC2)c([N+](=O)[O-])cc1C. The molecule has 0 saturated carbocycles. The molecule has 1 saturated heterocycles. The number of carbonyl (C=O) groups is 1. The molecule has 1 heterocycles. The highest BCUT2D eigenvalue weighted by Gasteiger charge is 2.19. The lowest BCUT2D eigenvalue weighted by atomic mass is 10.1. The number of halogens is 1. The van der Waals surface area contributed by atoms with Gasteiger partial charge in [-0.05, 0) is 49.2 Å². The number of carbonyl (C=O) groups excluding carboxylic acids is 1. The minimum Gasteiger partial charge on any atom is -0.378 e. The normalized spacial score (nSPS) is 13.8. The van der Waals surface area contributed by atoms with Crippen molar-refractivity contribution in [3.8, 4) is 0 Å². The molecule has 2 aromatic rings. The van der Waals surface area contributed by atoms with Gasteiger partial charge in [-0.1, -0.05) is 11.6 Å². The number of hydrogen-bond donors (Lipinski definition) is 2. The molecule has 0 aliphatic carbocycles. The van der Waals surface area contributed by atoms with Crippen molar-refractivity contribution < 1.29 is 14.5 Å². The van der Waals surface area contributed by atoms with E-state index in [0.717, 1.165) is 35.6 Å². The molecule has 0 spiro atoms. The fraction of sp³-hybridized carbons (Fsp3) is 0.350. The standard InChI is InChI=1S/C20H23ClN4O4/c1-13-9-17(19(25(27)28)10-14(13)2)23-20(26)12-22-16-11-15(21)3-4-18(16)24-5-7-29-8-6-24/h3-4,9-11,22H,5-8,12H2,1-2H3,(H,23,26). The number of nitrogens with one attached hydrogen (secondary N) is 2. The highest BCUT2D eigenvalue weighted by Crippen LogP contribution is 2.30. The highest BCUT2D eigenvalue weighted by atomic mass is 35.5. The number of nitro benzene ring substituents is 1. The monoisotopic (exact) mass is 418 g/mol. The second-order valence-electron chi connectivity index (χ2n) is 6.87. The number of anilines is 3. The van der Waals surface area contributed by atoms with Crippen LogP contribution in [0.25, 0.3) is 0 Å². The zero-order valence-corrected chi connectivity index (χ0v) is 17.1. The van der Waals surface area contributed by atoms with Crippen molar-refractivity contribution in [3.63, 3.8) is 0 Å². The van der Waals surface area contributed by atoms with Crippen molar-refractivity contribution in [3.05, 3.63) is 56.6 Å². The fourth-order valence-electron chi connectivity index (χ4n) is 3.15. The second kappa shape index (κ2) is 9.11. The first-order chi connectivity index (χ1) is 13.8. The zero-order valence-electron chi connectivity index (χ0n) is 16.3. The van der Waals surface area contributed by atoms with Crippen molar-refractivity contribution in [2.45, 2.75) is 13.8 Å². The summed E-state index contributed by atoms with van der Waals surface area (Å²) in [6.07, 6.45) is 0. The van der Waals surface area contributed by atoms with E-state index in [4.69, 9.17) is 16.3 Å². The average Bonchev–Trinajstić information content (AvgIpc) is 2.69. The van der Waals surface area contributed by atoms with Crippen molar-refractivity contribution in [1.29, 1.82) is 0 Å². The molecule has 29 heavy (non-hydrogen) atoms. The molecule has 3 rings (SSSR count). The Balaban J connectivity index is 1.72. The Hall–Kier alpha value is -2.84. The summed E-state index contributed by atoms with van der Waals surface area (Å²) < 4.78 is 5.39. The lowest BCUT2D eigenvalue weighted by Gasteiger charge is -2.30. The Bertz CT molecular complexity index is 929. The quantitative estimate of drug-likeness (QED) is 0.547. The van der Waals surface area contributed by atoms with Gasteiger partial charge >= 0.3 is 0 Å². The van der Waals surface area contributed by atoms with Crippen LogP contribution in [0.2, 0.25) is 5.02 Å². The average molecular weight is 419 g/mol. The number of aryl methyl sites for hydroxylation is 2. The first-order valence-corrected chi connectivity index (χ1v) is 9.64. The molecule has 1 aliphatic rings. The maximum absolute atomic E-state index is 12.5. The van der Waals surface area contributed by atoms with Crippen LogP contribution in [0.4, 0.5) is 22.7 Å². The molecular weight excluding hydrogens is 396 g/mol. The smallest absolute Gasteiger partial charge is 0.293 e. The van der Waals surface area contributed by atoms with Crippen LogP contribution < -0.4 is 15.5 Å². The third-order valence-electron chi connectivity index (χ3n) is 4.83. The summed E-state index contributed by atoms with van der Waals surface area (Å²) in [4.78, 5) is 25.4. The first-order valence-electron chi connectivity index (χ1n) is 9.27. The topological polar surface area (TPSA) is 96.7 Å². The van der Waals surface area contributed by atoms with Crippen LogP contribution in [0.3, 0.4) is 0 Å². The number of nitrogens with zero attached hydrogens (tertiary/aromatic N) is 2. The summed E-state index contributed by atoms with van der Waals surface area (Å²) in [6.45, 7) is 6.35. The van der Waals surface area contributed by atoms with Gasteiger partial charge in [-0.2, -0.15) is 0 Å². The van der Waals surface area contributed by atoms with Gasteiger partial charge in [0.1, 0.15) is 5.69 Å². The molecule has 1 aliphatic heterocycles. The van der Waals surface area contributed by atoms with Crippen LogP contribution in [0, 0.1) is 24.0 Å². The van der Waals surface area contributed by atoms with Crippen molar-refractivity contribution in [2.24, 2.45) is 0 Å². The van der Waals surface area contributed by atoms with Gasteiger partial charge in [0.15, 0.2) is 0 Å². The third kappa shape index (κ3) is 5.16. The number of amides is 1. The van der Waals surface area contributed by atoms with E-state index >= 15 is 0 Å². The Morgan fingerprint density at radius 3 is 2.55 bits per heavy atom. The molecule has 0 aromatic heterocycles. The van der Waals surface area contributed by atoms with E-state index in [2.05, 4.69) is 15.5 Å². The number of ether oxygens (including phenoxy) is 1. The largest absolute Gasteiger partial charge is 0.378 e. The fourth-order valence-corrected chi connectivity index (χ4v) is 3.32. The Morgan fingerprint density at radius 1 is 1.17 bits per heavy atom. The van der Waals surface area contributed by atoms with E-state index in [0.29, 0.717) is 18.2 Å². The Morgan fingerprint density at radius 2 is 1.86 bits per heavy atom. The lowest BCUT2D eigenvalue weighted by Crippen LogP contribution is -2.36. The summed E-state index contributed by atoms with van der Waals surface area (Å²) in [5.41, 5.74) is 3.37. The highest BCUT2D eigenvalue weighted by molar-refractivity contribution is 6.31. The van der Waals surface area contributed by atoms with Gasteiger partial charge < -0.3 is 20.3 Å². The summed E-state index contributed by atoms with van der Waals surface area (Å²) in [5.74, 6) is -0.385. The van der Waals surface area contributed by atoms with Crippen LogP contribution >= 0.6 is 11.6 Å². The maximum Gasteiger partial charge on any atom is 0.293 e. The van der Waals surface area contributed by atoms with E-state index in [1.165, 1.54) is 6.07 Å². The lowest BCUT2D eigenvalue weighted by molar-refractivity contribution is -0.384. The molecular formula is C20H23ClN4O4. The minimum absolute atomic E-state index is 0.0538. The van der Waals surface area contributed by atoms with E-state index in [-0.39, 0.29) is 23.8 Å². The zero-order chi connectivity index (χ0) is 21.0. The predicted octanol–water partition coefficient (Wildman–Crippen LogP) is 3.75. The molecule has 8 nitrogen and oxygen atoms in total. The van der Waals surface area contributed by atoms with Crippen molar-refractivity contribution in [1.82, 2.24) is 0 Å². The number of nitro groups is 1. The molecule has 1 fully saturated rings. The molecule has 0 atom stereocenters. The van der Waals surface area contributed by atoms with Crippen molar-refractivity contribution in [2.75, 3.05) is 48.4 Å². The van der Waals surface area contributed by atoms with Crippen molar-refractivity contribution >= 4 is 40.3 Å². The number of benzene rings is 2. The number of morpholine rings is 1. The van der Waals surface area contributed by atoms with E-state index < -0.39 is 4.92 Å². The number of hydrogen-bond acceptors (Lipinski definition) is 6. The van der Waals surface area contributed by atoms with Crippen LogP contribution in [0.5, 0.6) is 0 Å². The van der Waals surface area contributed by atoms with E-state index in [9.17, 15) is 14.9 Å². The molecule has 154 valence electrons. The first kappa shape index (κ1) is 20.9. The summed E-state index contributed by atoms with van der Waals surface area (Å²) in [7, 11) is 0. The molecule has 0 bridgehead atoms. The van der Waals surface area contributed by atoms with Crippen LogP contribution in [-0.2, 0) is 9.53 Å². The predicted molar refractivity (Wildman–Crippen MR) is 114 cm³/mol. The molecule has 9 heteroatoms. The number of rotatable bonds is 6. The van der Waals surface area contributed by atoms with Gasteiger partial charge in [0, 0.05) is 24.2 Å². The van der Waals surface area contributed by atoms with Gasteiger partial charge in [0.2, 0.25) is 5.91 Å². The summed E-state index contributed by atoms with van der Waals surface area (Å²) >= 11 is 6.13. The van der Waals surface area contributed by atoms with E-state index in [1.807, 2.05) is 13.0 Å². The van der Waals surface area contributed by atoms with Crippen LogP contribution in [-0.4, -0.2) is 43.7 Å². The molecule has 1 amide bonds. The van der Waals surface area contributed by atoms with Gasteiger partial charge in [0.05, 0.1) is 36.1 Å². The van der Waals surface area contributed by atoms with Gasteiger partial charge in [-0.25, -0.2) is 0 Å². The van der Waals surface area contributed by atoms with Gasteiger partial charge in [-0.3, -0.25) is 14.9 Å². The van der Waals surface area contributed by atoms with Crippen LogP contribution in [0.1, 0.15) is 11.1 Å². The summed E-state index contributed by atoms with van der Waals surface area (Å²) in [6, 6.07) is 8.55. The Kier molecular flexibility index (Phi) is 6.56. The third-order valence-corrected chi connectivity index (χ3v) is 5.07. The van der Waals surface area contributed by atoms with Gasteiger partial charge in [0.25, 0.3) is 5.69 Å².